The summed E-state index contributed by atoms with van der Waals surface area (Å²) in [6.45, 7) is 16.2. The molecule has 2 aromatic carbocycles. The Balaban J connectivity index is 2.67. The maximum Gasteiger partial charge on any atom is 0.159 e. The Labute approximate surface area is 173 Å². The van der Waals surface area contributed by atoms with Gasteiger partial charge in [0.25, 0.3) is 0 Å². The molecule has 2 rings (SSSR count). The highest BCUT2D eigenvalue weighted by molar-refractivity contribution is 7.91. The summed E-state index contributed by atoms with van der Waals surface area (Å²) >= 11 is -1.39. The predicted molar refractivity (Wildman–Crippen MR) is 117 cm³/mol. The van der Waals surface area contributed by atoms with Gasteiger partial charge < -0.3 is 14.8 Å². The number of hydrogen-bond acceptors (Lipinski definition) is 3. The quantitative estimate of drug-likeness (QED) is 0.525. The zero-order valence-electron chi connectivity index (χ0n) is 18.3. The summed E-state index contributed by atoms with van der Waals surface area (Å²) < 4.78 is 13.5. The van der Waals surface area contributed by atoms with Gasteiger partial charge in [0, 0.05) is 57.7 Å². The number of phenols is 2. The molecule has 0 unspecified atom stereocenters. The number of rotatable bonds is 6. The second-order valence-corrected chi connectivity index (χ2v) is 10.3. The first-order valence-corrected chi connectivity index (χ1v) is 11.3. The van der Waals surface area contributed by atoms with Gasteiger partial charge in [-0.15, -0.1) is 0 Å². The smallest absolute Gasteiger partial charge is 0.159 e. The zero-order chi connectivity index (χ0) is 21.3. The summed E-state index contributed by atoms with van der Waals surface area (Å²) in [5, 5.41) is 21.3. The molecule has 0 bridgehead atoms. The van der Waals surface area contributed by atoms with E-state index in [9.17, 15) is 14.8 Å². The van der Waals surface area contributed by atoms with Crippen molar-refractivity contribution in [2.24, 2.45) is 0 Å². The van der Waals surface area contributed by atoms with E-state index in [0.717, 1.165) is 22.3 Å². The van der Waals surface area contributed by atoms with E-state index in [1.807, 2.05) is 79.7 Å². The molecular weight excluding hydrogens is 368 g/mol. The molecule has 4 heteroatoms. The third kappa shape index (κ3) is 4.49. The van der Waals surface area contributed by atoms with Crippen LogP contribution in [0.4, 0.5) is 0 Å². The Bertz CT molecular complexity index is 710. The van der Waals surface area contributed by atoms with Gasteiger partial charge in [-0.3, -0.25) is 0 Å². The van der Waals surface area contributed by atoms with Crippen LogP contribution in [0, 0.1) is 0 Å². The van der Waals surface area contributed by atoms with Crippen LogP contribution in [-0.2, 0) is 11.2 Å². The van der Waals surface area contributed by atoms with Crippen molar-refractivity contribution >= 4 is 11.2 Å². The van der Waals surface area contributed by atoms with Gasteiger partial charge in [-0.2, -0.15) is 0 Å². The van der Waals surface area contributed by atoms with Crippen LogP contribution in [0.15, 0.2) is 34.1 Å². The molecular formula is C24H34O3S. The van der Waals surface area contributed by atoms with Crippen LogP contribution >= 0.6 is 0 Å². The van der Waals surface area contributed by atoms with Gasteiger partial charge in [0.2, 0.25) is 0 Å². The molecule has 0 aliphatic carbocycles. The van der Waals surface area contributed by atoms with Crippen molar-refractivity contribution in [3.05, 3.63) is 46.5 Å². The van der Waals surface area contributed by atoms with Crippen molar-refractivity contribution in [2.75, 3.05) is 0 Å². The summed E-state index contributed by atoms with van der Waals surface area (Å²) in [4.78, 5) is 1.39. The molecule has 0 fully saturated rings. The highest BCUT2D eigenvalue weighted by Crippen LogP contribution is 2.40. The average Bonchev–Trinajstić information content (AvgIpc) is 2.60. The second-order valence-electron chi connectivity index (χ2n) is 8.79. The third-order valence-corrected chi connectivity index (χ3v) is 6.53. The van der Waals surface area contributed by atoms with Crippen LogP contribution in [0.25, 0.3) is 0 Å². The molecule has 154 valence electrons. The van der Waals surface area contributed by atoms with Crippen molar-refractivity contribution in [2.45, 2.75) is 88.9 Å². The summed E-state index contributed by atoms with van der Waals surface area (Å²) in [6.07, 6.45) is 0. The van der Waals surface area contributed by atoms with Crippen LogP contribution in [0.5, 0.6) is 11.5 Å². The highest BCUT2D eigenvalue weighted by atomic mass is 32.2. The summed E-state index contributed by atoms with van der Waals surface area (Å²) in [6, 6.07) is 7.44. The van der Waals surface area contributed by atoms with Gasteiger partial charge in [0.1, 0.15) is 11.5 Å². The van der Waals surface area contributed by atoms with Crippen LogP contribution in [0.3, 0.4) is 0 Å². The normalized spacial score (nSPS) is 12.2. The Kier molecular flexibility index (Phi) is 7.11. The first-order chi connectivity index (χ1) is 13.0. The number of hydrogen-bond donors (Lipinski definition) is 2. The number of phenolic OH excluding ortho intramolecular Hbond substituents is 2. The Morgan fingerprint density at radius 2 is 0.786 bits per heavy atom. The lowest BCUT2D eigenvalue weighted by Crippen LogP contribution is -2.08. The molecule has 0 saturated carbocycles. The van der Waals surface area contributed by atoms with E-state index in [2.05, 4.69) is 0 Å². The lowest BCUT2D eigenvalue weighted by Gasteiger charge is -2.21. The fourth-order valence-electron chi connectivity index (χ4n) is 3.41. The van der Waals surface area contributed by atoms with Gasteiger partial charge in [0.15, 0.2) is 9.79 Å². The predicted octanol–water partition coefficient (Wildman–Crippen LogP) is 6.76. The maximum absolute atomic E-state index is 13.5. The van der Waals surface area contributed by atoms with Gasteiger partial charge in [-0.25, -0.2) is 0 Å². The standard InChI is InChI=1S/C24H34O3S/c1-13(2)19-9-17(10-20(14(3)4)23(19)25)28(27)18-11-21(15(5)6)24(26)22(12-18)16(7)8/h9-16,25-26H,1-8H3. The minimum absolute atomic E-state index is 0.131. The summed E-state index contributed by atoms with van der Waals surface area (Å²) in [5.74, 6) is 1.14. The van der Waals surface area contributed by atoms with Crippen LogP contribution in [0.2, 0.25) is 0 Å². The number of aromatic hydroxyl groups is 2. The highest BCUT2D eigenvalue weighted by Gasteiger charge is 2.25. The fraction of sp³-hybridized carbons (Fsp3) is 0.500. The lowest BCUT2D eigenvalue weighted by molar-refractivity contribution is 0.453. The molecule has 0 saturated heterocycles. The van der Waals surface area contributed by atoms with Crippen LogP contribution < -0.4 is 0 Å². The van der Waals surface area contributed by atoms with E-state index >= 15 is 0 Å². The van der Waals surface area contributed by atoms with E-state index < -0.39 is 11.2 Å². The molecule has 2 N–H and O–H groups in total. The third-order valence-electron chi connectivity index (χ3n) is 5.20. The molecule has 0 aliphatic rings. The molecule has 0 amide bonds. The van der Waals surface area contributed by atoms with E-state index in [1.165, 1.54) is 0 Å². The minimum Gasteiger partial charge on any atom is -0.606 e. The second kappa shape index (κ2) is 8.79. The fourth-order valence-corrected chi connectivity index (χ4v) is 4.62. The van der Waals surface area contributed by atoms with E-state index in [0.29, 0.717) is 21.3 Å². The molecule has 3 nitrogen and oxygen atoms in total. The lowest BCUT2D eigenvalue weighted by atomic mass is 9.94. The largest absolute Gasteiger partial charge is 0.606 e. The monoisotopic (exact) mass is 402 g/mol. The Morgan fingerprint density at radius 1 is 0.571 bits per heavy atom. The molecule has 0 radical (unpaired) electrons. The van der Waals surface area contributed by atoms with Crippen molar-refractivity contribution in [1.82, 2.24) is 0 Å². The SMILES string of the molecule is CC(C)c1cc([S+]([O-])c2cc(C(C)C)c(O)c(C(C)C)c2)cc(C(C)C)c1O. The van der Waals surface area contributed by atoms with E-state index in [4.69, 9.17) is 0 Å². The minimum atomic E-state index is -1.39. The molecule has 0 spiro atoms. The van der Waals surface area contributed by atoms with Gasteiger partial charge in [0.05, 0.1) is 0 Å². The summed E-state index contributed by atoms with van der Waals surface area (Å²) in [5.41, 5.74) is 3.28. The Hall–Kier alpha value is -1.65. The molecule has 0 aromatic heterocycles. The summed E-state index contributed by atoms with van der Waals surface area (Å²) in [7, 11) is 0. The van der Waals surface area contributed by atoms with E-state index in [1.54, 1.807) is 0 Å². The Morgan fingerprint density at radius 3 is 0.964 bits per heavy atom. The van der Waals surface area contributed by atoms with Crippen molar-refractivity contribution in [3.8, 4) is 11.5 Å². The van der Waals surface area contributed by atoms with Crippen molar-refractivity contribution < 1.29 is 14.8 Å². The van der Waals surface area contributed by atoms with Crippen LogP contribution in [-0.4, -0.2) is 14.8 Å². The maximum atomic E-state index is 13.5. The van der Waals surface area contributed by atoms with Crippen molar-refractivity contribution in [1.29, 1.82) is 0 Å². The first-order valence-electron chi connectivity index (χ1n) is 10.1. The first kappa shape index (κ1) is 22.6. The molecule has 0 aliphatic heterocycles. The molecule has 2 aromatic rings. The van der Waals surface area contributed by atoms with Crippen molar-refractivity contribution in [3.63, 3.8) is 0 Å². The van der Waals surface area contributed by atoms with Gasteiger partial charge in [-0.05, 0) is 23.7 Å². The number of benzene rings is 2. The van der Waals surface area contributed by atoms with Gasteiger partial charge in [-0.1, -0.05) is 55.4 Å². The average molecular weight is 403 g/mol. The molecule has 0 heterocycles. The molecule has 28 heavy (non-hydrogen) atoms. The molecule has 0 atom stereocenters. The van der Waals surface area contributed by atoms with E-state index in [-0.39, 0.29) is 23.7 Å². The topological polar surface area (TPSA) is 63.5 Å². The van der Waals surface area contributed by atoms with Crippen LogP contribution in [0.1, 0.15) is 101 Å². The van der Waals surface area contributed by atoms with Gasteiger partial charge >= 0.3 is 0 Å². The zero-order valence-corrected chi connectivity index (χ0v) is 19.1.